The van der Waals surface area contributed by atoms with Gasteiger partial charge in [0, 0.05) is 6.54 Å². The van der Waals surface area contributed by atoms with Crippen molar-refractivity contribution in [3.8, 4) is 0 Å². The van der Waals surface area contributed by atoms with Crippen LogP contribution in [-0.2, 0) is 13.1 Å². The topological polar surface area (TPSA) is 91.7 Å². The monoisotopic (exact) mass is 236 g/mol. The quantitative estimate of drug-likeness (QED) is 0.566. The fraction of sp³-hybridized carbons (Fsp3) is 0.444. The number of imidazole rings is 1. The van der Waals surface area contributed by atoms with E-state index < -0.39 is 4.92 Å². The van der Waals surface area contributed by atoms with Crippen LogP contribution in [0.2, 0.25) is 0 Å². The normalized spacial score (nSPS) is 10.6. The molecule has 2 heterocycles. The maximum Gasteiger partial charge on any atom is 0.434 e. The summed E-state index contributed by atoms with van der Waals surface area (Å²) in [6.07, 6.45) is 5.70. The lowest BCUT2D eigenvalue weighted by Crippen LogP contribution is -2.04. The minimum Gasteiger partial charge on any atom is -0.390 e. The molecule has 0 unspecified atom stereocenters. The summed E-state index contributed by atoms with van der Waals surface area (Å²) in [7, 11) is 0. The van der Waals surface area contributed by atoms with Crippen LogP contribution < -0.4 is 0 Å². The smallest absolute Gasteiger partial charge is 0.390 e. The fourth-order valence-corrected chi connectivity index (χ4v) is 1.52. The molecular weight excluding hydrogens is 224 g/mol. The minimum absolute atomic E-state index is 0.185. The summed E-state index contributed by atoms with van der Waals surface area (Å²) in [5, 5.41) is 18.5. The van der Waals surface area contributed by atoms with Crippen LogP contribution in [0.25, 0.3) is 0 Å². The second-order valence-corrected chi connectivity index (χ2v) is 3.59. The molecule has 2 rings (SSSR count). The highest BCUT2D eigenvalue weighted by atomic mass is 16.6. The van der Waals surface area contributed by atoms with Crippen LogP contribution in [0.5, 0.6) is 0 Å². The molecular formula is C9H12N6O2. The number of nitrogens with zero attached hydrogens (tertiary/aromatic N) is 6. The van der Waals surface area contributed by atoms with Gasteiger partial charge in [-0.3, -0.25) is 4.68 Å². The van der Waals surface area contributed by atoms with Gasteiger partial charge in [-0.1, -0.05) is 17.1 Å². The molecule has 0 saturated heterocycles. The third-order valence-corrected chi connectivity index (χ3v) is 2.23. The summed E-state index contributed by atoms with van der Waals surface area (Å²) in [6, 6.07) is 0. The molecule has 0 N–H and O–H groups in total. The van der Waals surface area contributed by atoms with Crippen molar-refractivity contribution in [2.45, 2.75) is 26.4 Å². The molecule has 2 aromatic rings. The van der Waals surface area contributed by atoms with Crippen LogP contribution in [0.1, 0.15) is 19.0 Å². The molecule has 0 aliphatic heterocycles. The SMILES string of the molecule is CCCn1cc(Cn2ccnc2[N+](=O)[O-])nn1. The predicted molar refractivity (Wildman–Crippen MR) is 58.3 cm³/mol. The zero-order chi connectivity index (χ0) is 12.3. The number of hydrogen-bond donors (Lipinski definition) is 0. The van der Waals surface area contributed by atoms with Gasteiger partial charge in [0.2, 0.25) is 0 Å². The molecule has 2 aromatic heterocycles. The van der Waals surface area contributed by atoms with Gasteiger partial charge in [0.15, 0.2) is 0 Å². The zero-order valence-electron chi connectivity index (χ0n) is 9.35. The first kappa shape index (κ1) is 11.2. The van der Waals surface area contributed by atoms with Crippen LogP contribution in [-0.4, -0.2) is 29.5 Å². The first-order chi connectivity index (χ1) is 8.20. The Kier molecular flexibility index (Phi) is 3.12. The van der Waals surface area contributed by atoms with Crippen molar-refractivity contribution < 1.29 is 4.92 Å². The molecule has 17 heavy (non-hydrogen) atoms. The lowest BCUT2D eigenvalue weighted by Gasteiger charge is -1.97. The second kappa shape index (κ2) is 4.73. The Morgan fingerprint density at radius 2 is 2.35 bits per heavy atom. The Bertz CT molecular complexity index is 517. The van der Waals surface area contributed by atoms with E-state index in [1.54, 1.807) is 17.1 Å². The number of nitro groups is 1. The lowest BCUT2D eigenvalue weighted by molar-refractivity contribution is -0.396. The fourth-order valence-electron chi connectivity index (χ4n) is 1.52. The molecule has 0 aliphatic carbocycles. The number of rotatable bonds is 5. The number of aryl methyl sites for hydroxylation is 1. The average Bonchev–Trinajstić information content (AvgIpc) is 2.89. The highest BCUT2D eigenvalue weighted by Gasteiger charge is 2.15. The summed E-state index contributed by atoms with van der Waals surface area (Å²) in [5.41, 5.74) is 0.680. The van der Waals surface area contributed by atoms with Crippen molar-refractivity contribution in [1.29, 1.82) is 0 Å². The largest absolute Gasteiger partial charge is 0.434 e. The molecule has 90 valence electrons. The van der Waals surface area contributed by atoms with Gasteiger partial charge in [0.1, 0.15) is 24.6 Å². The van der Waals surface area contributed by atoms with Crippen molar-refractivity contribution in [2.24, 2.45) is 0 Å². The van der Waals surface area contributed by atoms with Crippen LogP contribution in [0.15, 0.2) is 18.6 Å². The molecule has 0 spiro atoms. The predicted octanol–water partition coefficient (Wildman–Crippen LogP) is 0.841. The van der Waals surface area contributed by atoms with Crippen LogP contribution >= 0.6 is 0 Å². The summed E-state index contributed by atoms with van der Waals surface area (Å²) < 4.78 is 3.15. The van der Waals surface area contributed by atoms with Crippen molar-refractivity contribution in [3.05, 3.63) is 34.4 Å². The molecule has 0 saturated carbocycles. The van der Waals surface area contributed by atoms with Gasteiger partial charge in [0.25, 0.3) is 0 Å². The highest BCUT2D eigenvalue weighted by molar-refractivity contribution is 5.09. The third-order valence-electron chi connectivity index (χ3n) is 2.23. The first-order valence-electron chi connectivity index (χ1n) is 5.25. The molecule has 8 nitrogen and oxygen atoms in total. The maximum absolute atomic E-state index is 10.7. The summed E-state index contributed by atoms with van der Waals surface area (Å²) >= 11 is 0. The maximum atomic E-state index is 10.7. The molecule has 0 aromatic carbocycles. The van der Waals surface area contributed by atoms with E-state index >= 15 is 0 Å². The van der Waals surface area contributed by atoms with Crippen molar-refractivity contribution in [2.75, 3.05) is 0 Å². The Morgan fingerprint density at radius 1 is 1.53 bits per heavy atom. The molecule has 0 amide bonds. The van der Waals surface area contributed by atoms with E-state index in [-0.39, 0.29) is 5.95 Å². The molecule has 0 radical (unpaired) electrons. The Balaban J connectivity index is 2.14. The Hall–Kier alpha value is -2.25. The molecule has 0 aliphatic rings. The van der Waals surface area contributed by atoms with Crippen molar-refractivity contribution >= 4 is 5.95 Å². The van der Waals surface area contributed by atoms with E-state index in [1.165, 1.54) is 10.8 Å². The van der Waals surface area contributed by atoms with Gasteiger partial charge >= 0.3 is 5.95 Å². The molecule has 0 atom stereocenters. The summed E-state index contributed by atoms with van der Waals surface area (Å²) in [5.74, 6) is -0.185. The van der Waals surface area contributed by atoms with Gasteiger partial charge < -0.3 is 10.1 Å². The van der Waals surface area contributed by atoms with E-state index in [4.69, 9.17) is 0 Å². The van der Waals surface area contributed by atoms with E-state index in [2.05, 4.69) is 15.3 Å². The van der Waals surface area contributed by atoms with Gasteiger partial charge in [-0.25, -0.2) is 4.57 Å². The van der Waals surface area contributed by atoms with Crippen molar-refractivity contribution in [3.63, 3.8) is 0 Å². The summed E-state index contributed by atoms with van der Waals surface area (Å²) in [6.45, 7) is 3.14. The van der Waals surface area contributed by atoms with Crippen LogP contribution in [0.4, 0.5) is 5.95 Å². The van der Waals surface area contributed by atoms with Gasteiger partial charge in [-0.2, -0.15) is 0 Å². The highest BCUT2D eigenvalue weighted by Crippen LogP contribution is 2.09. The van der Waals surface area contributed by atoms with Gasteiger partial charge in [-0.15, -0.1) is 5.10 Å². The van der Waals surface area contributed by atoms with Crippen molar-refractivity contribution in [1.82, 2.24) is 24.5 Å². The molecule has 0 bridgehead atoms. The second-order valence-electron chi connectivity index (χ2n) is 3.59. The number of hydrogen-bond acceptors (Lipinski definition) is 5. The van der Waals surface area contributed by atoms with E-state index in [1.807, 2.05) is 6.92 Å². The number of aromatic nitrogens is 5. The minimum atomic E-state index is -0.517. The molecule has 0 fully saturated rings. The lowest BCUT2D eigenvalue weighted by atomic mass is 10.4. The zero-order valence-corrected chi connectivity index (χ0v) is 9.35. The van der Waals surface area contributed by atoms with Crippen LogP contribution in [0, 0.1) is 10.1 Å². The molecule has 8 heteroatoms. The van der Waals surface area contributed by atoms with E-state index in [0.29, 0.717) is 12.2 Å². The Labute approximate surface area is 97.0 Å². The van der Waals surface area contributed by atoms with Crippen LogP contribution in [0.3, 0.4) is 0 Å². The van der Waals surface area contributed by atoms with E-state index in [0.717, 1.165) is 13.0 Å². The summed E-state index contributed by atoms with van der Waals surface area (Å²) in [4.78, 5) is 13.8. The van der Waals surface area contributed by atoms with Gasteiger partial charge in [0.05, 0.1) is 6.20 Å². The Morgan fingerprint density at radius 3 is 3.06 bits per heavy atom. The first-order valence-corrected chi connectivity index (χ1v) is 5.25. The standard InChI is InChI=1S/C9H12N6O2/c1-2-4-14-7-8(11-12-14)6-13-5-3-10-9(13)15(16)17/h3,5,7H,2,4,6H2,1H3. The van der Waals surface area contributed by atoms with Gasteiger partial charge in [-0.05, 0) is 11.3 Å². The third kappa shape index (κ3) is 2.47. The van der Waals surface area contributed by atoms with E-state index in [9.17, 15) is 10.1 Å². The average molecular weight is 236 g/mol.